The fraction of sp³-hybridized carbons (Fsp3) is 0.333. The molecule has 25 heavy (non-hydrogen) atoms. The van der Waals surface area contributed by atoms with Gasteiger partial charge in [-0.1, -0.05) is 39.8 Å². The fourth-order valence-electron chi connectivity index (χ4n) is 2.75. The van der Waals surface area contributed by atoms with E-state index in [2.05, 4.69) is 11.9 Å². The number of fused-ring (bicyclic) bond motifs is 1. The Hall–Kier alpha value is -2.49. The van der Waals surface area contributed by atoms with E-state index in [0.29, 0.717) is 28.7 Å². The Bertz CT molecular complexity index is 927. The summed E-state index contributed by atoms with van der Waals surface area (Å²) in [6.07, 6.45) is 1.54. The molecule has 3 nitrogen and oxygen atoms in total. The smallest absolute Gasteiger partial charge is 0.265 e. The van der Waals surface area contributed by atoms with Crippen molar-refractivity contribution in [3.63, 3.8) is 0 Å². The van der Waals surface area contributed by atoms with E-state index in [1.54, 1.807) is 17.6 Å². The molecule has 0 atom stereocenters. The molecule has 3 rings (SSSR count). The highest BCUT2D eigenvalue weighted by Gasteiger charge is 2.13. The summed E-state index contributed by atoms with van der Waals surface area (Å²) in [5, 5.41) is 0.445. The number of nitrogens with zero attached hydrogens (tertiary/aromatic N) is 2. The predicted molar refractivity (Wildman–Crippen MR) is 102 cm³/mol. The molecule has 0 aliphatic heterocycles. The van der Waals surface area contributed by atoms with Gasteiger partial charge in [-0.3, -0.25) is 9.36 Å². The van der Waals surface area contributed by atoms with E-state index >= 15 is 0 Å². The Balaban J connectivity index is 0.00000109. The molecule has 0 aliphatic rings. The minimum absolute atomic E-state index is 0.154. The Labute approximate surface area is 148 Å². The fourth-order valence-corrected chi connectivity index (χ4v) is 2.75. The molecule has 0 bridgehead atoms. The van der Waals surface area contributed by atoms with Crippen LogP contribution in [0, 0.1) is 12.7 Å². The number of hydrogen-bond donors (Lipinski definition) is 0. The molecule has 0 amide bonds. The van der Waals surface area contributed by atoms with Crippen molar-refractivity contribution in [1.29, 1.82) is 0 Å². The topological polar surface area (TPSA) is 34.9 Å². The quantitative estimate of drug-likeness (QED) is 0.673. The summed E-state index contributed by atoms with van der Waals surface area (Å²) >= 11 is 0. The zero-order valence-corrected chi connectivity index (χ0v) is 15.6. The van der Waals surface area contributed by atoms with Gasteiger partial charge < -0.3 is 0 Å². The van der Waals surface area contributed by atoms with Crippen molar-refractivity contribution in [3.05, 3.63) is 69.5 Å². The van der Waals surface area contributed by atoms with Crippen LogP contribution in [0.5, 0.6) is 0 Å². The van der Waals surface area contributed by atoms with E-state index in [0.717, 1.165) is 12.1 Å². The van der Waals surface area contributed by atoms with Crippen molar-refractivity contribution in [2.24, 2.45) is 0 Å². The molecule has 2 aromatic carbocycles. The third-order valence-corrected chi connectivity index (χ3v) is 4.14. The zero-order valence-electron chi connectivity index (χ0n) is 15.6. The lowest BCUT2D eigenvalue weighted by Crippen LogP contribution is -2.23. The molecule has 1 aromatic heterocycles. The van der Waals surface area contributed by atoms with Gasteiger partial charge in [0.1, 0.15) is 11.6 Å². The normalized spacial score (nSPS) is 10.5. The number of benzene rings is 2. The average molecular weight is 340 g/mol. The van der Waals surface area contributed by atoms with Crippen LogP contribution in [0.3, 0.4) is 0 Å². The van der Waals surface area contributed by atoms with Gasteiger partial charge in [0.2, 0.25) is 0 Å². The molecule has 0 fully saturated rings. The first kappa shape index (κ1) is 18.8. The first-order valence-corrected chi connectivity index (χ1v) is 8.86. The first-order valence-electron chi connectivity index (χ1n) is 8.86. The maximum absolute atomic E-state index is 13.8. The molecular formula is C21H25FN2O. The number of halogens is 1. The monoisotopic (exact) mass is 340 g/mol. The maximum Gasteiger partial charge on any atom is 0.265 e. The lowest BCUT2D eigenvalue weighted by atomic mass is 10.1. The third kappa shape index (κ3) is 3.63. The molecule has 1 heterocycles. The van der Waals surface area contributed by atoms with Crippen LogP contribution in [-0.4, -0.2) is 9.55 Å². The van der Waals surface area contributed by atoms with Crippen molar-refractivity contribution in [3.8, 4) is 5.69 Å². The SMILES string of the molecule is CC.CCc1ccc(-n2c(CC)nc3cc(F)c(C)cc3c2=O)cc1. The lowest BCUT2D eigenvalue weighted by molar-refractivity contribution is 0.620. The Kier molecular flexibility index (Phi) is 6.07. The molecule has 0 unspecified atom stereocenters. The average Bonchev–Trinajstić information content (AvgIpc) is 2.65. The zero-order chi connectivity index (χ0) is 18.6. The molecule has 0 saturated carbocycles. The van der Waals surface area contributed by atoms with Gasteiger partial charge in [-0.05, 0) is 42.7 Å². The minimum atomic E-state index is -0.337. The van der Waals surface area contributed by atoms with Gasteiger partial charge in [-0.25, -0.2) is 9.37 Å². The lowest BCUT2D eigenvalue weighted by Gasteiger charge is -2.13. The van der Waals surface area contributed by atoms with E-state index in [1.807, 2.05) is 45.0 Å². The van der Waals surface area contributed by atoms with Crippen molar-refractivity contribution in [1.82, 2.24) is 9.55 Å². The number of rotatable bonds is 3. The summed E-state index contributed by atoms with van der Waals surface area (Å²) in [5.74, 6) is 0.298. The highest BCUT2D eigenvalue weighted by Crippen LogP contribution is 2.18. The van der Waals surface area contributed by atoms with Crippen LogP contribution in [0.25, 0.3) is 16.6 Å². The number of aromatic nitrogens is 2. The van der Waals surface area contributed by atoms with E-state index in [1.165, 1.54) is 11.6 Å². The largest absolute Gasteiger partial charge is 0.268 e. The highest BCUT2D eigenvalue weighted by atomic mass is 19.1. The predicted octanol–water partition coefficient (Wildman–Crippen LogP) is 4.98. The minimum Gasteiger partial charge on any atom is -0.268 e. The van der Waals surface area contributed by atoms with Crippen molar-refractivity contribution in [2.75, 3.05) is 0 Å². The molecule has 0 spiro atoms. The summed E-state index contributed by atoms with van der Waals surface area (Å²) < 4.78 is 15.4. The Morgan fingerprint density at radius 2 is 1.68 bits per heavy atom. The van der Waals surface area contributed by atoms with E-state index < -0.39 is 0 Å². The third-order valence-electron chi connectivity index (χ3n) is 4.14. The molecular weight excluding hydrogens is 315 g/mol. The van der Waals surface area contributed by atoms with Crippen molar-refractivity contribution in [2.45, 2.75) is 47.5 Å². The summed E-state index contributed by atoms with van der Waals surface area (Å²) in [6, 6.07) is 10.8. The molecule has 3 aromatic rings. The van der Waals surface area contributed by atoms with Crippen molar-refractivity contribution >= 4 is 10.9 Å². The van der Waals surface area contributed by atoms with Gasteiger partial charge in [0.25, 0.3) is 5.56 Å². The van der Waals surface area contributed by atoms with Gasteiger partial charge >= 0.3 is 0 Å². The van der Waals surface area contributed by atoms with Gasteiger partial charge in [0, 0.05) is 12.5 Å². The standard InChI is InChI=1S/C19H19FN2O.C2H6/c1-4-13-6-8-14(9-7-13)22-18(5-2)21-17-11-16(20)12(3)10-15(17)19(22)23;1-2/h6-11H,4-5H2,1-3H3;1-2H3. The van der Waals surface area contributed by atoms with Gasteiger partial charge in [0.15, 0.2) is 0 Å². The van der Waals surface area contributed by atoms with Crippen LogP contribution in [-0.2, 0) is 12.8 Å². The molecule has 0 aliphatic carbocycles. The Morgan fingerprint density at radius 3 is 2.24 bits per heavy atom. The molecule has 4 heteroatoms. The maximum atomic E-state index is 13.8. The first-order chi connectivity index (χ1) is 12.0. The molecule has 0 radical (unpaired) electrons. The van der Waals surface area contributed by atoms with Gasteiger partial charge in [-0.15, -0.1) is 0 Å². The van der Waals surface area contributed by atoms with Crippen LogP contribution in [0.4, 0.5) is 4.39 Å². The summed E-state index contributed by atoms with van der Waals surface area (Å²) in [7, 11) is 0. The summed E-state index contributed by atoms with van der Waals surface area (Å²) in [6.45, 7) is 9.69. The van der Waals surface area contributed by atoms with E-state index in [9.17, 15) is 9.18 Å². The second kappa shape index (κ2) is 8.06. The van der Waals surface area contributed by atoms with E-state index in [4.69, 9.17) is 0 Å². The molecule has 0 saturated heterocycles. The Morgan fingerprint density at radius 1 is 1.04 bits per heavy atom. The van der Waals surface area contributed by atoms with Crippen LogP contribution in [0.2, 0.25) is 0 Å². The second-order valence-corrected chi connectivity index (χ2v) is 5.66. The number of hydrogen-bond acceptors (Lipinski definition) is 2. The second-order valence-electron chi connectivity index (χ2n) is 5.66. The van der Waals surface area contributed by atoms with Crippen LogP contribution < -0.4 is 5.56 Å². The molecule has 132 valence electrons. The van der Waals surface area contributed by atoms with Crippen LogP contribution >= 0.6 is 0 Å². The van der Waals surface area contributed by atoms with E-state index in [-0.39, 0.29) is 11.4 Å². The van der Waals surface area contributed by atoms with Crippen LogP contribution in [0.15, 0.2) is 41.2 Å². The highest BCUT2D eigenvalue weighted by molar-refractivity contribution is 5.79. The summed E-state index contributed by atoms with van der Waals surface area (Å²) in [5.41, 5.74) is 2.72. The van der Waals surface area contributed by atoms with Gasteiger partial charge in [-0.2, -0.15) is 0 Å². The number of aryl methyl sites for hydroxylation is 3. The summed E-state index contributed by atoms with van der Waals surface area (Å²) in [4.78, 5) is 17.4. The van der Waals surface area contributed by atoms with Crippen molar-refractivity contribution < 1.29 is 4.39 Å². The molecule has 0 N–H and O–H groups in total. The van der Waals surface area contributed by atoms with Crippen LogP contribution in [0.1, 0.15) is 44.6 Å². The van der Waals surface area contributed by atoms with Gasteiger partial charge in [0.05, 0.1) is 16.6 Å².